The fraction of sp³-hybridized carbons (Fsp3) is 0.333. The van der Waals surface area contributed by atoms with Crippen LogP contribution in [0.5, 0.6) is 5.75 Å². The minimum atomic E-state index is -3.35. The van der Waals surface area contributed by atoms with Crippen molar-refractivity contribution in [2.75, 3.05) is 34.4 Å². The number of nitrogens with one attached hydrogen (secondary N) is 1. The van der Waals surface area contributed by atoms with Crippen LogP contribution in [0.25, 0.3) is 0 Å². The highest BCUT2D eigenvalue weighted by Crippen LogP contribution is 2.25. The van der Waals surface area contributed by atoms with E-state index in [1.54, 1.807) is 54.3 Å². The second-order valence-corrected chi connectivity index (χ2v) is 9.19. The predicted molar refractivity (Wildman–Crippen MR) is 116 cm³/mol. The van der Waals surface area contributed by atoms with Gasteiger partial charge in [-0.15, -0.1) is 0 Å². The molecule has 0 radical (unpaired) electrons. The molecular weight excluding hydrogens is 406 g/mol. The van der Waals surface area contributed by atoms with Crippen LogP contribution >= 0.6 is 0 Å². The first-order valence-electron chi connectivity index (χ1n) is 9.57. The number of amides is 2. The number of ether oxygens (including phenoxy) is 1. The minimum Gasteiger partial charge on any atom is -0.481 e. The number of benzene rings is 2. The average molecular weight is 432 g/mol. The van der Waals surface area contributed by atoms with Gasteiger partial charge in [-0.3, -0.25) is 13.9 Å². The van der Waals surface area contributed by atoms with E-state index in [1.165, 1.54) is 7.05 Å². The van der Waals surface area contributed by atoms with Crippen molar-refractivity contribution in [2.45, 2.75) is 25.9 Å². The van der Waals surface area contributed by atoms with Crippen LogP contribution in [-0.2, 0) is 19.6 Å². The summed E-state index contributed by atoms with van der Waals surface area (Å²) in [6, 6.07) is 13.6. The molecule has 3 rings (SSSR count). The highest BCUT2D eigenvalue weighted by atomic mass is 32.2. The van der Waals surface area contributed by atoms with Crippen LogP contribution in [0.15, 0.2) is 48.5 Å². The fourth-order valence-corrected chi connectivity index (χ4v) is 3.61. The molecule has 8 nitrogen and oxygen atoms in total. The molecule has 1 aliphatic rings. The molecule has 9 heteroatoms. The third-order valence-corrected chi connectivity index (χ3v) is 6.08. The van der Waals surface area contributed by atoms with Gasteiger partial charge in [0.15, 0.2) is 6.10 Å². The van der Waals surface area contributed by atoms with Crippen molar-refractivity contribution >= 4 is 38.9 Å². The van der Waals surface area contributed by atoms with Crippen LogP contribution in [-0.4, -0.2) is 46.2 Å². The fourth-order valence-electron chi connectivity index (χ4n) is 3.10. The number of carbonyl (C=O) groups is 2. The number of rotatable bonds is 7. The zero-order valence-electron chi connectivity index (χ0n) is 17.2. The molecule has 1 atom stereocenters. The van der Waals surface area contributed by atoms with Gasteiger partial charge in [-0.2, -0.15) is 0 Å². The van der Waals surface area contributed by atoms with Crippen molar-refractivity contribution in [2.24, 2.45) is 0 Å². The van der Waals surface area contributed by atoms with Crippen molar-refractivity contribution in [3.05, 3.63) is 48.5 Å². The van der Waals surface area contributed by atoms with E-state index in [2.05, 4.69) is 5.32 Å². The Balaban J connectivity index is 1.62. The van der Waals surface area contributed by atoms with Crippen LogP contribution < -0.4 is 19.3 Å². The summed E-state index contributed by atoms with van der Waals surface area (Å²) in [5.74, 6) is 0.192. The number of anilines is 3. The van der Waals surface area contributed by atoms with E-state index in [0.29, 0.717) is 30.1 Å². The van der Waals surface area contributed by atoms with E-state index < -0.39 is 16.1 Å². The number of carbonyl (C=O) groups excluding carboxylic acids is 2. The van der Waals surface area contributed by atoms with E-state index in [4.69, 9.17) is 4.74 Å². The van der Waals surface area contributed by atoms with Crippen molar-refractivity contribution in [1.82, 2.24) is 0 Å². The monoisotopic (exact) mass is 431 g/mol. The van der Waals surface area contributed by atoms with Crippen LogP contribution in [0.2, 0.25) is 0 Å². The van der Waals surface area contributed by atoms with Crippen molar-refractivity contribution < 1.29 is 22.7 Å². The standard InChI is InChI=1S/C21H25N3O5S/c1-15(29-19-11-9-17(10-12-19)23(2)30(3,27)28)21(26)22-16-6-4-7-18(14-16)24-13-5-8-20(24)25/h4,6-7,9-12,14-15H,5,8,13H2,1-3H3,(H,22,26)/t15-/m0/s1. The molecule has 2 amide bonds. The Morgan fingerprint density at radius 3 is 2.50 bits per heavy atom. The SMILES string of the molecule is C[C@H](Oc1ccc(N(C)S(C)(=O)=O)cc1)C(=O)Nc1cccc(N2CCCC2=O)c1. The summed E-state index contributed by atoms with van der Waals surface area (Å²) in [6.07, 6.45) is 1.72. The first-order valence-corrected chi connectivity index (χ1v) is 11.4. The lowest BCUT2D eigenvalue weighted by atomic mass is 10.2. The van der Waals surface area contributed by atoms with Crippen LogP contribution in [0.3, 0.4) is 0 Å². The quantitative estimate of drug-likeness (QED) is 0.727. The lowest BCUT2D eigenvalue weighted by Crippen LogP contribution is -2.30. The molecule has 0 spiro atoms. The Labute approximate surface area is 176 Å². The molecule has 0 aromatic heterocycles. The molecule has 0 bridgehead atoms. The van der Waals surface area contributed by atoms with Crippen LogP contribution in [0, 0.1) is 0 Å². The average Bonchev–Trinajstić information content (AvgIpc) is 3.13. The van der Waals surface area contributed by atoms with E-state index in [9.17, 15) is 18.0 Å². The maximum absolute atomic E-state index is 12.5. The molecule has 1 fully saturated rings. The summed E-state index contributed by atoms with van der Waals surface area (Å²) in [4.78, 5) is 26.2. The van der Waals surface area contributed by atoms with Crippen molar-refractivity contribution in [3.8, 4) is 5.75 Å². The third-order valence-electron chi connectivity index (χ3n) is 4.88. The summed E-state index contributed by atoms with van der Waals surface area (Å²) >= 11 is 0. The highest BCUT2D eigenvalue weighted by molar-refractivity contribution is 7.92. The zero-order valence-corrected chi connectivity index (χ0v) is 18.0. The molecule has 1 N–H and O–H groups in total. The first-order chi connectivity index (χ1) is 14.1. The Kier molecular flexibility index (Phi) is 6.31. The van der Waals surface area contributed by atoms with Crippen molar-refractivity contribution in [3.63, 3.8) is 0 Å². The van der Waals surface area contributed by atoms with Crippen LogP contribution in [0.4, 0.5) is 17.1 Å². The molecular formula is C21H25N3O5S. The second kappa shape index (κ2) is 8.74. The van der Waals surface area contributed by atoms with Gasteiger partial charge in [0.2, 0.25) is 15.9 Å². The maximum atomic E-state index is 12.5. The Morgan fingerprint density at radius 1 is 1.20 bits per heavy atom. The molecule has 2 aromatic rings. The molecule has 160 valence electrons. The molecule has 0 unspecified atom stereocenters. The second-order valence-electron chi connectivity index (χ2n) is 7.17. The molecule has 1 heterocycles. The minimum absolute atomic E-state index is 0.0835. The summed E-state index contributed by atoms with van der Waals surface area (Å²) in [7, 11) is -1.89. The maximum Gasteiger partial charge on any atom is 0.265 e. The van der Waals surface area contributed by atoms with Gasteiger partial charge in [0.1, 0.15) is 5.75 Å². The number of sulfonamides is 1. The smallest absolute Gasteiger partial charge is 0.265 e. The Bertz CT molecular complexity index is 1040. The summed E-state index contributed by atoms with van der Waals surface area (Å²) in [5, 5.41) is 2.80. The van der Waals surface area contributed by atoms with E-state index in [-0.39, 0.29) is 11.8 Å². The Hall–Kier alpha value is -3.07. The molecule has 0 aliphatic carbocycles. The summed E-state index contributed by atoms with van der Waals surface area (Å²) in [6.45, 7) is 2.31. The lowest BCUT2D eigenvalue weighted by molar-refractivity contribution is -0.122. The summed E-state index contributed by atoms with van der Waals surface area (Å²) < 4.78 is 30.0. The van der Waals surface area contributed by atoms with Gasteiger partial charge in [-0.1, -0.05) is 6.07 Å². The van der Waals surface area contributed by atoms with Gasteiger partial charge >= 0.3 is 0 Å². The van der Waals surface area contributed by atoms with Crippen molar-refractivity contribution in [1.29, 1.82) is 0 Å². The highest BCUT2D eigenvalue weighted by Gasteiger charge is 2.22. The number of hydrogen-bond acceptors (Lipinski definition) is 5. The molecule has 0 saturated carbocycles. The zero-order chi connectivity index (χ0) is 21.9. The van der Waals surface area contributed by atoms with E-state index in [0.717, 1.165) is 22.7 Å². The number of hydrogen-bond donors (Lipinski definition) is 1. The lowest BCUT2D eigenvalue weighted by Gasteiger charge is -2.19. The van der Waals surface area contributed by atoms with Gasteiger partial charge in [0.05, 0.1) is 11.9 Å². The van der Waals surface area contributed by atoms with Gasteiger partial charge in [-0.25, -0.2) is 8.42 Å². The van der Waals surface area contributed by atoms with Gasteiger partial charge < -0.3 is 15.0 Å². The molecule has 30 heavy (non-hydrogen) atoms. The predicted octanol–water partition coefficient (Wildman–Crippen LogP) is 2.62. The Morgan fingerprint density at radius 2 is 1.90 bits per heavy atom. The summed E-state index contributed by atoms with van der Waals surface area (Å²) in [5.41, 5.74) is 1.84. The normalized spacial score (nSPS) is 15.0. The third kappa shape index (κ3) is 5.10. The first kappa shape index (κ1) is 21.6. The topological polar surface area (TPSA) is 96.0 Å². The van der Waals surface area contributed by atoms with Gasteiger partial charge in [0.25, 0.3) is 5.91 Å². The molecule has 1 saturated heterocycles. The van der Waals surface area contributed by atoms with E-state index in [1.807, 2.05) is 6.07 Å². The van der Waals surface area contributed by atoms with E-state index >= 15 is 0 Å². The largest absolute Gasteiger partial charge is 0.481 e. The van der Waals surface area contributed by atoms with Crippen LogP contribution in [0.1, 0.15) is 19.8 Å². The number of nitrogens with zero attached hydrogens (tertiary/aromatic N) is 2. The molecule has 1 aliphatic heterocycles. The molecule has 2 aromatic carbocycles. The van der Waals surface area contributed by atoms with Gasteiger partial charge in [-0.05, 0) is 55.8 Å². The van der Waals surface area contributed by atoms with Gasteiger partial charge in [0, 0.05) is 31.4 Å².